The Balaban J connectivity index is 2.04. The molecule has 0 radical (unpaired) electrons. The summed E-state index contributed by atoms with van der Waals surface area (Å²) in [6.45, 7) is -0.139. The molecule has 0 bridgehead atoms. The van der Waals surface area contributed by atoms with Crippen molar-refractivity contribution in [2.24, 2.45) is 0 Å². The Labute approximate surface area is 168 Å². The number of hydrogen-bond acceptors (Lipinski definition) is 10. The van der Waals surface area contributed by atoms with Crippen molar-refractivity contribution in [3.8, 4) is 11.5 Å². The van der Waals surface area contributed by atoms with E-state index in [4.69, 9.17) is 9.47 Å². The second-order valence-electron chi connectivity index (χ2n) is 5.77. The molecule has 2 aromatic carbocycles. The molecule has 158 valence electrons. The summed E-state index contributed by atoms with van der Waals surface area (Å²) in [4.78, 5) is 46.7. The summed E-state index contributed by atoms with van der Waals surface area (Å²) < 4.78 is 10.0. The van der Waals surface area contributed by atoms with Crippen LogP contribution in [0.15, 0.2) is 42.5 Å². The van der Waals surface area contributed by atoms with Gasteiger partial charge in [0.1, 0.15) is 11.5 Å². The molecule has 0 heterocycles. The average Bonchev–Trinajstić information content (AvgIpc) is 2.68. The second kappa shape index (κ2) is 10.3. The molecular weight excluding hydrogens is 406 g/mol. The molecule has 0 amide bonds. The maximum Gasteiger partial charge on any atom is 0.519 e. The molecule has 13 heteroatoms. The van der Waals surface area contributed by atoms with Crippen LogP contribution in [0.5, 0.6) is 11.5 Å². The average molecular weight is 421 g/mol. The third kappa shape index (κ3) is 6.70. The van der Waals surface area contributed by atoms with Crippen LogP contribution in [-0.2, 0) is 11.3 Å². The fourth-order valence-electron chi connectivity index (χ4n) is 2.37. The van der Waals surface area contributed by atoms with Gasteiger partial charge in [0.15, 0.2) is 0 Å². The Kier molecular flexibility index (Phi) is 7.56. The Morgan fingerprint density at radius 2 is 1.47 bits per heavy atom. The first-order chi connectivity index (χ1) is 14.3. The number of non-ortho nitro benzene ring substituents is 2. The molecule has 0 aromatic heterocycles. The number of hydrogen-bond donors (Lipinski definition) is 0. The topological polar surface area (TPSA) is 174 Å². The highest BCUT2D eigenvalue weighted by Gasteiger charge is 2.16. The molecule has 0 saturated carbocycles. The van der Waals surface area contributed by atoms with Crippen LogP contribution in [0.2, 0.25) is 0 Å². The summed E-state index contributed by atoms with van der Waals surface area (Å²) in [6, 6.07) is 8.32. The lowest BCUT2D eigenvalue weighted by Crippen LogP contribution is -2.15. The fourth-order valence-corrected chi connectivity index (χ4v) is 2.37. The van der Waals surface area contributed by atoms with Gasteiger partial charge in [-0.2, -0.15) is 0 Å². The number of carbonyl (C=O) groups excluding carboxylic acids is 1. The van der Waals surface area contributed by atoms with Crippen LogP contribution in [0.25, 0.3) is 0 Å². The van der Waals surface area contributed by atoms with Gasteiger partial charge in [-0.1, -0.05) is 0 Å². The van der Waals surface area contributed by atoms with Crippen LogP contribution in [0.1, 0.15) is 18.4 Å². The fraction of sp³-hybridized carbons (Fsp3) is 0.235. The summed E-state index contributed by atoms with van der Waals surface area (Å²) in [7, 11) is 0. The molecule has 30 heavy (non-hydrogen) atoms. The first kappa shape index (κ1) is 22.0. The van der Waals surface area contributed by atoms with Crippen molar-refractivity contribution in [2.45, 2.75) is 19.3 Å². The van der Waals surface area contributed by atoms with E-state index in [1.165, 1.54) is 24.3 Å². The highest BCUT2D eigenvalue weighted by Crippen LogP contribution is 2.27. The minimum absolute atomic E-state index is 0.00555. The zero-order chi connectivity index (χ0) is 22.1. The lowest BCUT2D eigenvalue weighted by atomic mass is 10.1. The minimum atomic E-state index is -1.14. The minimum Gasteiger partial charge on any atom is -0.395 e. The maximum atomic E-state index is 12.0. The van der Waals surface area contributed by atoms with Crippen LogP contribution >= 0.6 is 0 Å². The number of nitro benzene ring substituents is 2. The van der Waals surface area contributed by atoms with Gasteiger partial charge < -0.3 is 14.3 Å². The van der Waals surface area contributed by atoms with Crippen LogP contribution in [0, 0.1) is 30.3 Å². The zero-order valence-electron chi connectivity index (χ0n) is 15.3. The molecule has 0 atom stereocenters. The molecule has 0 spiro atoms. The van der Waals surface area contributed by atoms with Gasteiger partial charge in [-0.3, -0.25) is 20.2 Å². The predicted molar refractivity (Wildman–Crippen MR) is 98.7 cm³/mol. The van der Waals surface area contributed by atoms with Crippen molar-refractivity contribution in [1.82, 2.24) is 0 Å². The van der Waals surface area contributed by atoms with E-state index in [0.29, 0.717) is 18.4 Å². The van der Waals surface area contributed by atoms with Gasteiger partial charge in [-0.25, -0.2) is 4.79 Å². The predicted octanol–water partition coefficient (Wildman–Crippen LogP) is 3.61. The van der Waals surface area contributed by atoms with Gasteiger partial charge >= 0.3 is 6.16 Å². The molecule has 0 N–H and O–H groups in total. The summed E-state index contributed by atoms with van der Waals surface area (Å²) in [5.74, 6) is 0.0219. The van der Waals surface area contributed by atoms with Crippen molar-refractivity contribution in [3.63, 3.8) is 0 Å². The van der Waals surface area contributed by atoms with E-state index in [1.807, 2.05) is 0 Å². The zero-order valence-corrected chi connectivity index (χ0v) is 15.3. The largest absolute Gasteiger partial charge is 0.519 e. The highest BCUT2D eigenvalue weighted by molar-refractivity contribution is 5.68. The molecule has 0 saturated heterocycles. The Morgan fingerprint density at radius 3 is 2.07 bits per heavy atom. The molecule has 13 nitrogen and oxygen atoms in total. The second-order valence-corrected chi connectivity index (χ2v) is 5.77. The van der Waals surface area contributed by atoms with Gasteiger partial charge in [-0.15, -0.1) is 10.1 Å². The number of nitrogens with zero attached hydrogens (tertiary/aromatic N) is 3. The number of rotatable bonds is 10. The van der Waals surface area contributed by atoms with E-state index < -0.39 is 21.1 Å². The lowest BCUT2D eigenvalue weighted by molar-refractivity contribution is -0.757. The van der Waals surface area contributed by atoms with Gasteiger partial charge in [0.2, 0.25) is 0 Å². The SMILES string of the molecule is O=C(Oc1ccc([N+](=O)[O-])cc1)Oc1ccc([N+](=O)[O-])cc1CCCCO[N+](=O)[O-]. The van der Waals surface area contributed by atoms with Crippen molar-refractivity contribution >= 4 is 17.5 Å². The smallest absolute Gasteiger partial charge is 0.395 e. The monoisotopic (exact) mass is 421 g/mol. The molecule has 0 aliphatic carbocycles. The number of unbranched alkanes of at least 4 members (excludes halogenated alkanes) is 1. The first-order valence-electron chi connectivity index (χ1n) is 8.45. The van der Waals surface area contributed by atoms with E-state index >= 15 is 0 Å². The molecule has 0 aliphatic rings. The Hall–Kier alpha value is -4.29. The van der Waals surface area contributed by atoms with Gasteiger partial charge in [-0.05, 0) is 37.5 Å². The molecule has 0 aliphatic heterocycles. The number of benzene rings is 2. The van der Waals surface area contributed by atoms with Crippen LogP contribution in [0.3, 0.4) is 0 Å². The number of carbonyl (C=O) groups is 1. The van der Waals surface area contributed by atoms with E-state index in [2.05, 4.69) is 4.84 Å². The normalized spacial score (nSPS) is 10.1. The molecule has 0 fully saturated rings. The van der Waals surface area contributed by atoms with Crippen molar-refractivity contribution < 1.29 is 34.0 Å². The maximum absolute atomic E-state index is 12.0. The molecule has 2 rings (SSSR count). The summed E-state index contributed by atoms with van der Waals surface area (Å²) in [6.07, 6.45) is -0.238. The van der Waals surface area contributed by atoms with E-state index in [9.17, 15) is 35.1 Å². The van der Waals surface area contributed by atoms with Gasteiger partial charge in [0.05, 0.1) is 16.5 Å². The first-order valence-corrected chi connectivity index (χ1v) is 8.45. The molecular formula is C17H15N3O10. The van der Waals surface area contributed by atoms with Crippen LogP contribution < -0.4 is 9.47 Å². The Bertz CT molecular complexity index is 945. The third-order valence-electron chi connectivity index (χ3n) is 3.73. The van der Waals surface area contributed by atoms with Crippen molar-refractivity contribution in [3.05, 3.63) is 78.4 Å². The van der Waals surface area contributed by atoms with E-state index in [-0.39, 0.29) is 35.9 Å². The van der Waals surface area contributed by atoms with Crippen LogP contribution in [-0.4, -0.2) is 27.7 Å². The summed E-state index contributed by atoms with van der Waals surface area (Å²) >= 11 is 0. The number of nitro groups is 2. The number of ether oxygens (including phenoxy) is 2. The molecule has 2 aromatic rings. The van der Waals surface area contributed by atoms with Crippen LogP contribution in [0.4, 0.5) is 16.2 Å². The quantitative estimate of drug-likeness (QED) is 0.181. The van der Waals surface area contributed by atoms with Gasteiger partial charge in [0, 0.05) is 29.8 Å². The van der Waals surface area contributed by atoms with E-state index in [1.54, 1.807) is 0 Å². The van der Waals surface area contributed by atoms with Gasteiger partial charge in [0.25, 0.3) is 16.5 Å². The summed E-state index contributed by atoms with van der Waals surface area (Å²) in [5, 5.41) is 30.8. The van der Waals surface area contributed by atoms with Crippen molar-refractivity contribution in [2.75, 3.05) is 6.61 Å². The lowest BCUT2D eigenvalue weighted by Gasteiger charge is -2.10. The standard InChI is InChI=1S/C17H15N3O10/c21-17(29-15-7-4-13(5-8-15)18(22)23)30-16-9-6-14(19(24)25)11-12(16)3-1-2-10-28-20(26)27/h4-9,11H,1-3,10H2. The molecule has 0 unspecified atom stereocenters. The highest BCUT2D eigenvalue weighted by atomic mass is 16.9. The summed E-state index contributed by atoms with van der Waals surface area (Å²) in [5.41, 5.74) is -0.0805. The Morgan fingerprint density at radius 1 is 0.833 bits per heavy atom. The number of aryl methyl sites for hydroxylation is 1. The van der Waals surface area contributed by atoms with E-state index in [0.717, 1.165) is 18.2 Å². The van der Waals surface area contributed by atoms with Crippen molar-refractivity contribution in [1.29, 1.82) is 0 Å². The third-order valence-corrected chi connectivity index (χ3v) is 3.73.